The van der Waals surface area contributed by atoms with Crippen LogP contribution >= 0.6 is 0 Å². The summed E-state index contributed by atoms with van der Waals surface area (Å²) in [5.74, 6) is -0.0168. The second-order valence-electron chi connectivity index (χ2n) is 3.90. The summed E-state index contributed by atoms with van der Waals surface area (Å²) in [6, 6.07) is 7.93. The molecule has 1 aromatic heterocycles. The number of benzene rings is 1. The Balaban J connectivity index is 1.83. The molecule has 0 unspecified atom stereocenters. The van der Waals surface area contributed by atoms with Crippen LogP contribution in [0.2, 0.25) is 0 Å². The van der Waals surface area contributed by atoms with Crippen LogP contribution in [0.15, 0.2) is 30.5 Å². The Bertz CT molecular complexity index is 476. The highest BCUT2D eigenvalue weighted by molar-refractivity contribution is 5.78. The highest BCUT2D eigenvalue weighted by Gasteiger charge is 2.04. The van der Waals surface area contributed by atoms with Crippen molar-refractivity contribution in [2.45, 2.75) is 19.9 Å². The highest BCUT2D eigenvalue weighted by atomic mass is 16.1. The van der Waals surface area contributed by atoms with Crippen molar-refractivity contribution < 1.29 is 4.79 Å². The quantitative estimate of drug-likeness (QED) is 0.822. The molecule has 0 saturated heterocycles. The predicted octanol–water partition coefficient (Wildman–Crippen LogP) is 0.972. The molecule has 0 saturated carbocycles. The molecule has 2 aromatic rings. The SMILES string of the molecule is Cc1ccc(CC(=O)NCc2cn[nH]n2)cc1. The maximum absolute atomic E-state index is 11.6. The average molecular weight is 230 g/mol. The zero-order valence-corrected chi connectivity index (χ0v) is 9.60. The summed E-state index contributed by atoms with van der Waals surface area (Å²) in [7, 11) is 0. The second kappa shape index (κ2) is 5.25. The Hall–Kier alpha value is -2.17. The van der Waals surface area contributed by atoms with Crippen LogP contribution in [0.1, 0.15) is 16.8 Å². The van der Waals surface area contributed by atoms with E-state index in [1.165, 1.54) is 5.56 Å². The molecule has 0 radical (unpaired) electrons. The fourth-order valence-electron chi connectivity index (χ4n) is 1.45. The van der Waals surface area contributed by atoms with E-state index in [4.69, 9.17) is 0 Å². The van der Waals surface area contributed by atoms with Gasteiger partial charge in [-0.05, 0) is 12.5 Å². The number of rotatable bonds is 4. The molecule has 0 aliphatic rings. The van der Waals surface area contributed by atoms with Crippen LogP contribution in [0.5, 0.6) is 0 Å². The van der Waals surface area contributed by atoms with Crippen LogP contribution in [0.3, 0.4) is 0 Å². The first-order chi connectivity index (χ1) is 8.24. The Kier molecular flexibility index (Phi) is 3.49. The average Bonchev–Trinajstić information content (AvgIpc) is 2.83. The largest absolute Gasteiger partial charge is 0.350 e. The maximum Gasteiger partial charge on any atom is 0.224 e. The molecule has 0 aliphatic heterocycles. The Morgan fingerprint density at radius 1 is 1.35 bits per heavy atom. The first-order valence-electron chi connectivity index (χ1n) is 5.41. The van der Waals surface area contributed by atoms with Crippen molar-refractivity contribution in [2.75, 3.05) is 0 Å². The summed E-state index contributed by atoms with van der Waals surface area (Å²) in [4.78, 5) is 11.6. The van der Waals surface area contributed by atoms with Gasteiger partial charge in [-0.15, -0.1) is 0 Å². The van der Waals surface area contributed by atoms with Gasteiger partial charge in [-0.2, -0.15) is 15.4 Å². The number of H-pyrrole nitrogens is 1. The third-order valence-corrected chi connectivity index (χ3v) is 2.42. The van der Waals surface area contributed by atoms with E-state index < -0.39 is 0 Å². The van der Waals surface area contributed by atoms with Crippen molar-refractivity contribution in [3.8, 4) is 0 Å². The molecule has 1 heterocycles. The first-order valence-corrected chi connectivity index (χ1v) is 5.41. The molecule has 2 N–H and O–H groups in total. The van der Waals surface area contributed by atoms with Crippen LogP contribution in [-0.2, 0) is 17.8 Å². The lowest BCUT2D eigenvalue weighted by molar-refractivity contribution is -0.120. The van der Waals surface area contributed by atoms with Gasteiger partial charge in [0.25, 0.3) is 0 Å². The summed E-state index contributed by atoms with van der Waals surface area (Å²) < 4.78 is 0. The molecule has 1 aromatic carbocycles. The van der Waals surface area contributed by atoms with E-state index in [2.05, 4.69) is 20.7 Å². The molecular weight excluding hydrogens is 216 g/mol. The molecule has 2 rings (SSSR count). The maximum atomic E-state index is 11.6. The minimum absolute atomic E-state index is 0.0168. The van der Waals surface area contributed by atoms with Crippen molar-refractivity contribution in [3.05, 3.63) is 47.3 Å². The van der Waals surface area contributed by atoms with Crippen molar-refractivity contribution in [3.63, 3.8) is 0 Å². The van der Waals surface area contributed by atoms with Gasteiger partial charge in [-0.3, -0.25) is 4.79 Å². The van der Waals surface area contributed by atoms with Gasteiger partial charge in [0.05, 0.1) is 19.2 Å². The number of aromatic nitrogens is 3. The molecule has 0 fully saturated rings. The van der Waals surface area contributed by atoms with Crippen molar-refractivity contribution in [1.29, 1.82) is 0 Å². The topological polar surface area (TPSA) is 70.7 Å². The van der Waals surface area contributed by atoms with Crippen LogP contribution in [0, 0.1) is 6.92 Å². The number of aryl methyl sites for hydroxylation is 1. The number of nitrogens with one attached hydrogen (secondary N) is 2. The van der Waals surface area contributed by atoms with E-state index in [9.17, 15) is 4.79 Å². The van der Waals surface area contributed by atoms with E-state index >= 15 is 0 Å². The predicted molar refractivity (Wildman–Crippen MR) is 63.1 cm³/mol. The van der Waals surface area contributed by atoms with Crippen LogP contribution in [-0.4, -0.2) is 21.3 Å². The fraction of sp³-hybridized carbons (Fsp3) is 0.250. The Labute approximate surface area is 99.2 Å². The number of aromatic amines is 1. The summed E-state index contributed by atoms with van der Waals surface area (Å²) in [6.07, 6.45) is 1.98. The molecule has 5 heteroatoms. The van der Waals surface area contributed by atoms with E-state index in [1.54, 1.807) is 6.20 Å². The molecule has 17 heavy (non-hydrogen) atoms. The molecule has 0 spiro atoms. The number of hydrogen-bond acceptors (Lipinski definition) is 3. The van der Waals surface area contributed by atoms with E-state index in [0.717, 1.165) is 11.3 Å². The van der Waals surface area contributed by atoms with Crippen molar-refractivity contribution in [2.24, 2.45) is 0 Å². The van der Waals surface area contributed by atoms with Gasteiger partial charge in [0.2, 0.25) is 5.91 Å². The highest BCUT2D eigenvalue weighted by Crippen LogP contribution is 2.03. The smallest absolute Gasteiger partial charge is 0.224 e. The Morgan fingerprint density at radius 3 is 2.76 bits per heavy atom. The number of amides is 1. The van der Waals surface area contributed by atoms with Crippen LogP contribution in [0.25, 0.3) is 0 Å². The van der Waals surface area contributed by atoms with Gasteiger partial charge in [0.15, 0.2) is 0 Å². The molecule has 0 bridgehead atoms. The lowest BCUT2D eigenvalue weighted by atomic mass is 10.1. The number of nitrogens with zero attached hydrogens (tertiary/aromatic N) is 2. The zero-order valence-electron chi connectivity index (χ0n) is 9.60. The first kappa shape index (κ1) is 11.3. The van der Waals surface area contributed by atoms with Crippen molar-refractivity contribution in [1.82, 2.24) is 20.7 Å². The third-order valence-electron chi connectivity index (χ3n) is 2.42. The van der Waals surface area contributed by atoms with Crippen LogP contribution in [0.4, 0.5) is 0 Å². The summed E-state index contributed by atoms with van der Waals surface area (Å²) in [5.41, 5.74) is 2.92. The zero-order chi connectivity index (χ0) is 12.1. The van der Waals surface area contributed by atoms with E-state index in [0.29, 0.717) is 13.0 Å². The minimum atomic E-state index is -0.0168. The van der Waals surface area contributed by atoms with Gasteiger partial charge >= 0.3 is 0 Å². The van der Waals surface area contributed by atoms with Gasteiger partial charge in [-0.25, -0.2) is 0 Å². The van der Waals surface area contributed by atoms with E-state index in [-0.39, 0.29) is 5.91 Å². The molecule has 1 amide bonds. The van der Waals surface area contributed by atoms with Crippen LogP contribution < -0.4 is 5.32 Å². The summed E-state index contributed by atoms with van der Waals surface area (Å²) in [5, 5.41) is 12.8. The lowest BCUT2D eigenvalue weighted by Crippen LogP contribution is -2.24. The molecular formula is C12H14N4O. The summed E-state index contributed by atoms with van der Waals surface area (Å²) in [6.45, 7) is 2.43. The number of carbonyl (C=O) groups excluding carboxylic acids is 1. The molecule has 88 valence electrons. The number of carbonyl (C=O) groups is 1. The van der Waals surface area contributed by atoms with Gasteiger partial charge < -0.3 is 5.32 Å². The van der Waals surface area contributed by atoms with Gasteiger partial charge in [0.1, 0.15) is 5.69 Å². The van der Waals surface area contributed by atoms with Crippen molar-refractivity contribution >= 4 is 5.91 Å². The fourth-order valence-corrected chi connectivity index (χ4v) is 1.45. The minimum Gasteiger partial charge on any atom is -0.350 e. The lowest BCUT2D eigenvalue weighted by Gasteiger charge is -2.03. The second-order valence-corrected chi connectivity index (χ2v) is 3.90. The van der Waals surface area contributed by atoms with E-state index in [1.807, 2.05) is 31.2 Å². The summed E-state index contributed by atoms with van der Waals surface area (Å²) >= 11 is 0. The monoisotopic (exact) mass is 230 g/mol. The molecule has 5 nitrogen and oxygen atoms in total. The van der Waals surface area contributed by atoms with Gasteiger partial charge in [-0.1, -0.05) is 29.8 Å². The molecule has 0 aliphatic carbocycles. The third kappa shape index (κ3) is 3.41. The number of hydrogen-bond donors (Lipinski definition) is 2. The Morgan fingerprint density at radius 2 is 2.12 bits per heavy atom. The normalized spacial score (nSPS) is 10.2. The van der Waals surface area contributed by atoms with Gasteiger partial charge in [0, 0.05) is 0 Å². The molecule has 0 atom stereocenters. The standard InChI is InChI=1S/C12H14N4O/c1-9-2-4-10(5-3-9)6-12(17)13-7-11-8-14-16-15-11/h2-5,8H,6-7H2,1H3,(H,13,17)(H,14,15,16).